The number of hydrogen-bond acceptors (Lipinski definition) is 4. The number of rotatable bonds is 14. The van der Waals surface area contributed by atoms with Crippen molar-refractivity contribution in [2.45, 2.75) is 52.1 Å². The topological polar surface area (TPSA) is 86.8 Å². The monoisotopic (exact) mass is 617 g/mol. The predicted molar refractivity (Wildman–Crippen MR) is 167 cm³/mol. The van der Waals surface area contributed by atoms with Crippen LogP contribution < -0.4 is 9.62 Å². The van der Waals surface area contributed by atoms with E-state index in [1.165, 1.54) is 4.90 Å². The minimum atomic E-state index is -3.83. The molecular formula is C31H37Cl2N3O4S. The van der Waals surface area contributed by atoms with E-state index in [0.29, 0.717) is 27.8 Å². The van der Waals surface area contributed by atoms with Gasteiger partial charge in [-0.3, -0.25) is 13.9 Å². The second-order valence-corrected chi connectivity index (χ2v) is 12.6. The molecule has 0 bridgehead atoms. The number of sulfonamides is 1. The van der Waals surface area contributed by atoms with Crippen molar-refractivity contribution in [1.82, 2.24) is 10.2 Å². The van der Waals surface area contributed by atoms with Crippen molar-refractivity contribution in [3.8, 4) is 0 Å². The summed E-state index contributed by atoms with van der Waals surface area (Å²) in [7, 11) is -3.83. The molecule has 3 aromatic rings. The highest BCUT2D eigenvalue weighted by Gasteiger charge is 2.33. The van der Waals surface area contributed by atoms with Gasteiger partial charge in [-0.05, 0) is 53.8 Å². The number of hydrogen-bond donors (Lipinski definition) is 1. The molecule has 0 saturated heterocycles. The summed E-state index contributed by atoms with van der Waals surface area (Å²) >= 11 is 12.6. The molecule has 0 aliphatic heterocycles. The summed E-state index contributed by atoms with van der Waals surface area (Å²) in [6.07, 6.45) is 3.78. The van der Waals surface area contributed by atoms with Gasteiger partial charge in [0, 0.05) is 29.6 Å². The van der Waals surface area contributed by atoms with Crippen LogP contribution in [0, 0.1) is 0 Å². The molecule has 0 aliphatic carbocycles. The Hall–Kier alpha value is -3.07. The average Bonchev–Trinajstić information content (AvgIpc) is 2.94. The van der Waals surface area contributed by atoms with E-state index in [1.54, 1.807) is 30.3 Å². The number of nitrogens with one attached hydrogen (secondary N) is 1. The lowest BCUT2D eigenvalue weighted by Gasteiger charge is -2.33. The Labute approximate surface area is 253 Å². The smallest absolute Gasteiger partial charge is 0.244 e. The maximum absolute atomic E-state index is 14.1. The molecule has 1 N–H and O–H groups in total. The van der Waals surface area contributed by atoms with Crippen LogP contribution in [0.25, 0.3) is 0 Å². The van der Waals surface area contributed by atoms with Crippen LogP contribution in [0.1, 0.15) is 43.4 Å². The summed E-state index contributed by atoms with van der Waals surface area (Å²) in [4.78, 5) is 29.2. The van der Waals surface area contributed by atoms with Crippen LogP contribution in [0.15, 0.2) is 72.8 Å². The summed E-state index contributed by atoms with van der Waals surface area (Å²) in [5, 5.41) is 3.74. The molecule has 2 amide bonds. The summed E-state index contributed by atoms with van der Waals surface area (Å²) in [5.41, 5.74) is 2.86. The van der Waals surface area contributed by atoms with Gasteiger partial charge in [-0.2, -0.15) is 0 Å². The number of benzene rings is 3. The molecule has 0 fully saturated rings. The van der Waals surface area contributed by atoms with Crippen molar-refractivity contribution < 1.29 is 18.0 Å². The molecule has 0 aliphatic rings. The van der Waals surface area contributed by atoms with E-state index < -0.39 is 28.5 Å². The van der Waals surface area contributed by atoms with Gasteiger partial charge in [0.25, 0.3) is 0 Å². The third-order valence-electron chi connectivity index (χ3n) is 6.77. The van der Waals surface area contributed by atoms with Crippen molar-refractivity contribution in [3.05, 3.63) is 99.5 Å². The first-order chi connectivity index (χ1) is 19.5. The lowest BCUT2D eigenvalue weighted by atomic mass is 10.0. The number of halogens is 2. The molecule has 0 heterocycles. The van der Waals surface area contributed by atoms with Crippen LogP contribution in [-0.2, 0) is 39.0 Å². The van der Waals surface area contributed by atoms with Gasteiger partial charge in [0.2, 0.25) is 21.8 Å². The number of amides is 2. The van der Waals surface area contributed by atoms with E-state index in [2.05, 4.69) is 5.32 Å². The van der Waals surface area contributed by atoms with Gasteiger partial charge in [-0.1, -0.05) is 92.0 Å². The number of unbranched alkanes of at least 4 members (excludes halogenated alkanes) is 1. The molecule has 0 spiro atoms. The van der Waals surface area contributed by atoms with Crippen molar-refractivity contribution in [2.75, 3.05) is 23.7 Å². The predicted octanol–water partition coefficient (Wildman–Crippen LogP) is 5.88. The second kappa shape index (κ2) is 15.2. The van der Waals surface area contributed by atoms with Crippen LogP contribution in [0.5, 0.6) is 0 Å². The average molecular weight is 619 g/mol. The fourth-order valence-electron chi connectivity index (χ4n) is 4.41. The number of carbonyl (C=O) groups is 2. The van der Waals surface area contributed by atoms with Gasteiger partial charge in [-0.15, -0.1) is 0 Å². The van der Waals surface area contributed by atoms with Crippen LogP contribution in [0.2, 0.25) is 10.0 Å². The normalized spacial score (nSPS) is 12.0. The Morgan fingerprint density at radius 1 is 0.927 bits per heavy atom. The van der Waals surface area contributed by atoms with Crippen molar-refractivity contribution in [3.63, 3.8) is 0 Å². The van der Waals surface area contributed by atoms with E-state index >= 15 is 0 Å². The summed E-state index contributed by atoms with van der Waals surface area (Å²) in [6.45, 7) is 4.00. The Kier molecular flexibility index (Phi) is 12.1. The largest absolute Gasteiger partial charge is 0.354 e. The third-order valence-corrected chi connectivity index (χ3v) is 8.50. The number of carbonyl (C=O) groups excluding carboxylic acids is 2. The minimum absolute atomic E-state index is 0.0140. The summed E-state index contributed by atoms with van der Waals surface area (Å²) in [6, 6.07) is 20.5. The van der Waals surface area contributed by atoms with E-state index in [-0.39, 0.29) is 18.9 Å². The lowest BCUT2D eigenvalue weighted by molar-refractivity contribution is -0.140. The van der Waals surface area contributed by atoms with Crippen molar-refractivity contribution in [2.24, 2.45) is 0 Å². The zero-order chi connectivity index (χ0) is 30.0. The fraction of sp³-hybridized carbons (Fsp3) is 0.355. The van der Waals surface area contributed by atoms with Crippen LogP contribution >= 0.6 is 23.2 Å². The molecule has 0 radical (unpaired) electrons. The second-order valence-electron chi connectivity index (χ2n) is 9.90. The molecule has 3 rings (SSSR count). The molecule has 41 heavy (non-hydrogen) atoms. The van der Waals surface area contributed by atoms with Crippen LogP contribution in [-0.4, -0.2) is 50.5 Å². The van der Waals surface area contributed by atoms with Gasteiger partial charge in [-0.25, -0.2) is 8.42 Å². The molecule has 1 atom stereocenters. The van der Waals surface area contributed by atoms with Gasteiger partial charge in [0.05, 0.1) is 11.9 Å². The molecule has 3 aromatic carbocycles. The van der Waals surface area contributed by atoms with Gasteiger partial charge in [0.1, 0.15) is 12.6 Å². The highest BCUT2D eigenvalue weighted by molar-refractivity contribution is 7.92. The van der Waals surface area contributed by atoms with E-state index in [0.717, 1.165) is 41.0 Å². The first-order valence-corrected chi connectivity index (χ1v) is 16.3. The Balaban J connectivity index is 2.05. The Morgan fingerprint density at radius 2 is 1.61 bits per heavy atom. The maximum Gasteiger partial charge on any atom is 0.244 e. The maximum atomic E-state index is 14.1. The van der Waals surface area contributed by atoms with Crippen LogP contribution in [0.3, 0.4) is 0 Å². The molecule has 220 valence electrons. The standard InChI is InChI=1S/C31H37Cl2N3O4S/c1-4-6-18-34-31(38)29(19-24-10-8-7-9-11-24)35(21-25-14-15-26(32)20-28(25)33)30(37)22-36(41(3,39)40)27-16-12-23(5-2)13-17-27/h7-17,20,29H,4-6,18-19,21-22H2,1-3H3,(H,34,38)/t29-/m0/s1. The first kappa shape index (κ1) is 32.4. The Bertz CT molecular complexity index is 1420. The molecule has 7 nitrogen and oxygen atoms in total. The highest BCUT2D eigenvalue weighted by Crippen LogP contribution is 2.25. The van der Waals surface area contributed by atoms with E-state index in [1.807, 2.05) is 56.3 Å². The SMILES string of the molecule is CCCCNC(=O)[C@H](Cc1ccccc1)N(Cc1ccc(Cl)cc1Cl)C(=O)CN(c1ccc(CC)cc1)S(C)(=O)=O. The quantitative estimate of drug-likeness (QED) is 0.229. The minimum Gasteiger partial charge on any atom is -0.354 e. The van der Waals surface area contributed by atoms with Crippen molar-refractivity contribution >= 4 is 50.7 Å². The summed E-state index contributed by atoms with van der Waals surface area (Å²) in [5.74, 6) is -0.855. The molecule has 0 unspecified atom stereocenters. The van der Waals surface area contributed by atoms with E-state index in [9.17, 15) is 18.0 Å². The molecule has 0 aromatic heterocycles. The van der Waals surface area contributed by atoms with Gasteiger partial charge < -0.3 is 10.2 Å². The first-order valence-electron chi connectivity index (χ1n) is 13.6. The van der Waals surface area contributed by atoms with Gasteiger partial charge in [0.15, 0.2) is 0 Å². The number of aryl methyl sites for hydroxylation is 1. The Morgan fingerprint density at radius 3 is 2.20 bits per heavy atom. The number of anilines is 1. The molecular weight excluding hydrogens is 581 g/mol. The zero-order valence-electron chi connectivity index (χ0n) is 23.6. The number of nitrogens with zero attached hydrogens (tertiary/aromatic N) is 2. The fourth-order valence-corrected chi connectivity index (χ4v) is 5.72. The van der Waals surface area contributed by atoms with Crippen molar-refractivity contribution in [1.29, 1.82) is 0 Å². The zero-order valence-corrected chi connectivity index (χ0v) is 26.0. The van der Waals surface area contributed by atoms with Gasteiger partial charge >= 0.3 is 0 Å². The third kappa shape index (κ3) is 9.48. The molecule has 10 heteroatoms. The van der Waals surface area contributed by atoms with Crippen LogP contribution in [0.4, 0.5) is 5.69 Å². The molecule has 0 saturated carbocycles. The highest BCUT2D eigenvalue weighted by atomic mass is 35.5. The lowest BCUT2D eigenvalue weighted by Crippen LogP contribution is -2.53. The van der Waals surface area contributed by atoms with E-state index in [4.69, 9.17) is 23.2 Å². The summed E-state index contributed by atoms with van der Waals surface area (Å²) < 4.78 is 26.9.